The third-order valence-electron chi connectivity index (χ3n) is 12.6. The summed E-state index contributed by atoms with van der Waals surface area (Å²) < 4.78 is 1.92. The average molecular weight is 654 g/mol. The molecule has 2 aromatic heterocycles. The smallest absolute Gasteiger partial charge is 0.306 e. The molecule has 2 bridgehead atoms. The van der Waals surface area contributed by atoms with Crippen LogP contribution in [-0.2, 0) is 30.1 Å². The van der Waals surface area contributed by atoms with Crippen molar-refractivity contribution >= 4 is 17.7 Å². The van der Waals surface area contributed by atoms with Crippen LogP contribution in [0.2, 0.25) is 0 Å². The zero-order valence-corrected chi connectivity index (χ0v) is 29.4. The average Bonchev–Trinajstić information content (AvgIpc) is 3.62. The van der Waals surface area contributed by atoms with E-state index in [4.69, 9.17) is 9.97 Å². The number of piperidine rings is 1. The molecule has 0 radical (unpaired) electrons. The van der Waals surface area contributed by atoms with Crippen molar-refractivity contribution in [1.29, 1.82) is 0 Å². The van der Waals surface area contributed by atoms with Crippen molar-refractivity contribution in [3.05, 3.63) is 65.1 Å². The predicted molar refractivity (Wildman–Crippen MR) is 190 cm³/mol. The van der Waals surface area contributed by atoms with E-state index >= 15 is 0 Å². The summed E-state index contributed by atoms with van der Waals surface area (Å²) in [6.07, 6.45) is 18.0. The Labute approximate surface area is 286 Å². The van der Waals surface area contributed by atoms with Gasteiger partial charge in [-0.05, 0) is 93.9 Å². The van der Waals surface area contributed by atoms with Gasteiger partial charge in [-0.1, -0.05) is 50.6 Å². The monoisotopic (exact) mass is 653 g/mol. The number of hydrogen-bond donors (Lipinski definition) is 2. The van der Waals surface area contributed by atoms with E-state index in [0.29, 0.717) is 18.0 Å². The largest absolute Gasteiger partial charge is 0.481 e. The van der Waals surface area contributed by atoms with Crippen LogP contribution in [-0.4, -0.2) is 67.4 Å². The standard InChI is InChI=1S/C39H55N7O2/c1-5-35(26-14-16-27(17-15-26)37(47)48)45(4)38-42-33-20-21-39(2,29-10-7-6-8-11-29)22-32(33)36(43-38)41-34(28-23-40-44(3)24-28)25-46-30-12-9-13-31(46)19-18-30/h6-8,10-11,23-24,26-27,30-31,34-35H,5,9,12-22,25H2,1-4H3,(H,47,48)(H,41,42,43)/t26?,27?,30?,31?,34-,35+,39+/m0/s1. The van der Waals surface area contributed by atoms with Crippen LogP contribution in [0.1, 0.15) is 113 Å². The topological polar surface area (TPSA) is 99.4 Å². The molecule has 9 heteroatoms. The van der Waals surface area contributed by atoms with Crippen LogP contribution in [0.5, 0.6) is 0 Å². The molecule has 3 fully saturated rings. The van der Waals surface area contributed by atoms with Gasteiger partial charge < -0.3 is 15.3 Å². The number of hydrogen-bond acceptors (Lipinski definition) is 7. The Balaban J connectivity index is 1.24. The van der Waals surface area contributed by atoms with E-state index in [-0.39, 0.29) is 23.4 Å². The van der Waals surface area contributed by atoms with Crippen LogP contribution in [0.4, 0.5) is 11.8 Å². The maximum atomic E-state index is 11.7. The van der Waals surface area contributed by atoms with Gasteiger partial charge in [0.25, 0.3) is 0 Å². The van der Waals surface area contributed by atoms with Gasteiger partial charge in [0, 0.05) is 56.1 Å². The number of benzene rings is 1. The first kappa shape index (κ1) is 33.1. The zero-order chi connectivity index (χ0) is 33.4. The lowest BCUT2D eigenvalue weighted by Gasteiger charge is -2.40. The predicted octanol–water partition coefficient (Wildman–Crippen LogP) is 6.93. The second-order valence-electron chi connectivity index (χ2n) is 15.6. The molecule has 2 saturated heterocycles. The van der Waals surface area contributed by atoms with Crippen molar-refractivity contribution in [1.82, 2.24) is 24.6 Å². The molecule has 48 heavy (non-hydrogen) atoms. The molecule has 7 rings (SSSR count). The molecule has 2 aliphatic carbocycles. The van der Waals surface area contributed by atoms with E-state index in [2.05, 4.69) is 77.6 Å². The van der Waals surface area contributed by atoms with E-state index < -0.39 is 5.97 Å². The van der Waals surface area contributed by atoms with E-state index in [9.17, 15) is 9.90 Å². The number of nitrogens with one attached hydrogen (secondary N) is 1. The molecule has 0 amide bonds. The molecule has 2 N–H and O–H groups in total. The number of carboxylic acid groups (broad SMARTS) is 1. The van der Waals surface area contributed by atoms with Crippen molar-refractivity contribution in [2.24, 2.45) is 18.9 Å². The molecule has 5 atom stereocenters. The zero-order valence-electron chi connectivity index (χ0n) is 29.4. The van der Waals surface area contributed by atoms with Gasteiger partial charge in [0.1, 0.15) is 5.82 Å². The van der Waals surface area contributed by atoms with Gasteiger partial charge in [0.2, 0.25) is 5.95 Å². The van der Waals surface area contributed by atoms with Crippen LogP contribution < -0.4 is 10.2 Å². The molecule has 4 aliphatic rings. The van der Waals surface area contributed by atoms with Crippen molar-refractivity contribution in [2.75, 3.05) is 23.8 Å². The SMILES string of the molecule is CC[C@H](C1CCC(C(=O)O)CC1)N(C)c1nc2c(c(N[C@@H](CN3C4CCCC3CC4)c3cnn(C)c3)n1)C[C@](C)(c1ccccc1)CC2. The molecule has 2 unspecified atom stereocenters. The Bertz CT molecular complexity index is 1550. The molecule has 2 aliphatic heterocycles. The minimum Gasteiger partial charge on any atom is -0.481 e. The number of aliphatic carboxylic acids is 1. The van der Waals surface area contributed by atoms with Gasteiger partial charge in [0.15, 0.2) is 0 Å². The van der Waals surface area contributed by atoms with Gasteiger partial charge in [-0.2, -0.15) is 10.1 Å². The molecule has 1 aromatic carbocycles. The molecule has 3 aromatic rings. The number of aryl methyl sites for hydroxylation is 2. The minimum atomic E-state index is -0.646. The van der Waals surface area contributed by atoms with Crippen LogP contribution in [0.15, 0.2) is 42.7 Å². The number of nitrogens with zero attached hydrogens (tertiary/aromatic N) is 6. The summed E-state index contributed by atoms with van der Waals surface area (Å²) in [5.74, 6) is 1.33. The quantitative estimate of drug-likeness (QED) is 0.230. The van der Waals surface area contributed by atoms with Gasteiger partial charge in [-0.15, -0.1) is 0 Å². The highest BCUT2D eigenvalue weighted by Gasteiger charge is 2.40. The second kappa shape index (κ2) is 13.8. The Morgan fingerprint density at radius 1 is 1.06 bits per heavy atom. The third-order valence-corrected chi connectivity index (χ3v) is 12.6. The molecular formula is C39H55N7O2. The molecule has 0 spiro atoms. The highest BCUT2D eigenvalue weighted by Crippen LogP contribution is 2.43. The van der Waals surface area contributed by atoms with Crippen LogP contribution in [0, 0.1) is 11.8 Å². The Morgan fingerprint density at radius 3 is 2.44 bits per heavy atom. The summed E-state index contributed by atoms with van der Waals surface area (Å²) in [5.41, 5.74) is 4.99. The molecule has 4 heterocycles. The van der Waals surface area contributed by atoms with Crippen molar-refractivity contribution in [3.8, 4) is 0 Å². The second-order valence-corrected chi connectivity index (χ2v) is 15.6. The lowest BCUT2D eigenvalue weighted by atomic mass is 9.70. The number of carboxylic acids is 1. The maximum absolute atomic E-state index is 11.7. The first-order valence-corrected chi connectivity index (χ1v) is 18.6. The Kier molecular flexibility index (Phi) is 9.51. The van der Waals surface area contributed by atoms with Gasteiger partial charge in [-0.25, -0.2) is 4.98 Å². The fraction of sp³-hybridized carbons (Fsp3) is 0.641. The summed E-state index contributed by atoms with van der Waals surface area (Å²) in [6, 6.07) is 12.6. The van der Waals surface area contributed by atoms with Crippen LogP contribution in [0.25, 0.3) is 0 Å². The first-order valence-electron chi connectivity index (χ1n) is 18.6. The first-order chi connectivity index (χ1) is 23.2. The van der Waals surface area contributed by atoms with Crippen LogP contribution in [0.3, 0.4) is 0 Å². The number of fused-ring (bicyclic) bond motifs is 3. The van der Waals surface area contributed by atoms with Crippen LogP contribution >= 0.6 is 0 Å². The van der Waals surface area contributed by atoms with Crippen molar-refractivity contribution in [2.45, 2.75) is 127 Å². The third kappa shape index (κ3) is 6.59. The maximum Gasteiger partial charge on any atom is 0.306 e. The van der Waals surface area contributed by atoms with Gasteiger partial charge in [0.05, 0.1) is 23.9 Å². The fourth-order valence-corrected chi connectivity index (χ4v) is 9.72. The number of rotatable bonds is 11. The minimum absolute atomic E-state index is 0.00593. The van der Waals surface area contributed by atoms with E-state index in [1.165, 1.54) is 48.8 Å². The number of anilines is 2. The summed E-state index contributed by atoms with van der Waals surface area (Å²) in [5, 5.41) is 18.3. The van der Waals surface area contributed by atoms with Gasteiger partial charge >= 0.3 is 5.97 Å². The summed E-state index contributed by atoms with van der Waals surface area (Å²) in [6.45, 7) is 5.60. The highest BCUT2D eigenvalue weighted by molar-refractivity contribution is 5.70. The summed E-state index contributed by atoms with van der Waals surface area (Å²) >= 11 is 0. The Morgan fingerprint density at radius 2 is 1.79 bits per heavy atom. The summed E-state index contributed by atoms with van der Waals surface area (Å²) in [4.78, 5) is 27.5. The van der Waals surface area contributed by atoms with E-state index in [1.807, 2.05) is 17.9 Å². The number of aromatic nitrogens is 4. The molecule has 9 nitrogen and oxygen atoms in total. The fourth-order valence-electron chi connectivity index (χ4n) is 9.72. The lowest BCUT2D eigenvalue weighted by molar-refractivity contribution is -0.143. The van der Waals surface area contributed by atoms with E-state index in [0.717, 1.165) is 75.4 Å². The number of carbonyl (C=O) groups is 1. The highest BCUT2D eigenvalue weighted by atomic mass is 16.4. The van der Waals surface area contributed by atoms with Crippen molar-refractivity contribution in [3.63, 3.8) is 0 Å². The van der Waals surface area contributed by atoms with Crippen molar-refractivity contribution < 1.29 is 9.90 Å². The normalized spacial score (nSPS) is 28.4. The molecule has 258 valence electrons. The summed E-state index contributed by atoms with van der Waals surface area (Å²) in [7, 11) is 4.16. The molecular weight excluding hydrogens is 598 g/mol. The Hall–Kier alpha value is -3.46. The lowest BCUT2D eigenvalue weighted by Crippen LogP contribution is -2.43. The molecule has 1 saturated carbocycles. The van der Waals surface area contributed by atoms with E-state index in [1.54, 1.807) is 0 Å². The van der Waals surface area contributed by atoms with Gasteiger partial charge in [-0.3, -0.25) is 14.4 Å².